The van der Waals surface area contributed by atoms with Crippen LogP contribution in [0.1, 0.15) is 40.1 Å². The number of rotatable bonds is 7. The fourth-order valence-corrected chi connectivity index (χ4v) is 2.70. The molecule has 0 aliphatic heterocycles. The number of carbonyl (C=O) groups is 2. The van der Waals surface area contributed by atoms with Gasteiger partial charge in [0, 0.05) is 22.9 Å². The Hall–Kier alpha value is -3.60. The number of hydrogen-bond donors (Lipinski definition) is 2. The van der Waals surface area contributed by atoms with E-state index >= 15 is 0 Å². The molecule has 0 bridgehead atoms. The minimum absolute atomic E-state index is 0.0603. The molecule has 0 spiro atoms. The summed E-state index contributed by atoms with van der Waals surface area (Å²) in [5, 5.41) is 5.67. The minimum atomic E-state index is -0.237. The molecule has 0 heterocycles. The Morgan fingerprint density at radius 1 is 0.793 bits per heavy atom. The predicted molar refractivity (Wildman–Crippen MR) is 114 cm³/mol. The van der Waals surface area contributed by atoms with Gasteiger partial charge in [0.05, 0.1) is 0 Å². The summed E-state index contributed by atoms with van der Waals surface area (Å²) in [4.78, 5) is 24.4. The van der Waals surface area contributed by atoms with E-state index in [4.69, 9.17) is 4.74 Å². The molecule has 0 atom stereocenters. The van der Waals surface area contributed by atoms with Gasteiger partial charge in [-0.25, -0.2) is 0 Å². The van der Waals surface area contributed by atoms with Crippen molar-refractivity contribution in [2.24, 2.45) is 0 Å². The summed E-state index contributed by atoms with van der Waals surface area (Å²) < 4.78 is 5.75. The molecule has 0 unspecified atom stereocenters. The van der Waals surface area contributed by atoms with Crippen molar-refractivity contribution < 1.29 is 14.3 Å². The van der Waals surface area contributed by atoms with E-state index in [0.717, 1.165) is 11.3 Å². The summed E-state index contributed by atoms with van der Waals surface area (Å²) in [5.41, 5.74) is 2.77. The zero-order valence-corrected chi connectivity index (χ0v) is 16.5. The number of hydrogen-bond acceptors (Lipinski definition) is 3. The fourth-order valence-electron chi connectivity index (χ4n) is 2.70. The van der Waals surface area contributed by atoms with Crippen LogP contribution in [0.25, 0.3) is 0 Å². The molecular formula is C24H24N2O3. The van der Waals surface area contributed by atoms with E-state index < -0.39 is 0 Å². The standard InChI is InChI=1S/C24H24N2O3/c1-17(2)25-23(27)19-8-10-20(11-9-19)24(28)26-21-12-14-22(15-13-21)29-16-18-6-4-3-5-7-18/h3-15,17H,16H2,1-2H3,(H,25,27)(H,26,28). The molecule has 29 heavy (non-hydrogen) atoms. The van der Waals surface area contributed by atoms with Gasteiger partial charge in [-0.3, -0.25) is 9.59 Å². The van der Waals surface area contributed by atoms with Crippen molar-refractivity contribution in [1.82, 2.24) is 5.32 Å². The molecule has 0 fully saturated rings. The van der Waals surface area contributed by atoms with Crippen molar-refractivity contribution in [3.05, 3.63) is 95.6 Å². The molecule has 2 amide bonds. The maximum absolute atomic E-state index is 12.4. The lowest BCUT2D eigenvalue weighted by Gasteiger charge is -2.10. The van der Waals surface area contributed by atoms with E-state index in [0.29, 0.717) is 23.4 Å². The van der Waals surface area contributed by atoms with Crippen molar-refractivity contribution in [2.45, 2.75) is 26.5 Å². The molecule has 0 radical (unpaired) electrons. The third-order valence-electron chi connectivity index (χ3n) is 4.19. The summed E-state index contributed by atoms with van der Waals surface area (Å²) >= 11 is 0. The van der Waals surface area contributed by atoms with Crippen molar-refractivity contribution in [3.63, 3.8) is 0 Å². The molecule has 0 saturated heterocycles. The van der Waals surface area contributed by atoms with Crippen LogP contribution in [0.3, 0.4) is 0 Å². The van der Waals surface area contributed by atoms with E-state index in [1.165, 1.54) is 0 Å². The Balaban J connectivity index is 1.55. The quantitative estimate of drug-likeness (QED) is 0.619. The van der Waals surface area contributed by atoms with Gasteiger partial charge in [-0.1, -0.05) is 30.3 Å². The van der Waals surface area contributed by atoms with Crippen LogP contribution in [-0.4, -0.2) is 17.9 Å². The van der Waals surface area contributed by atoms with Gasteiger partial charge in [0.2, 0.25) is 0 Å². The monoisotopic (exact) mass is 388 g/mol. The number of nitrogens with one attached hydrogen (secondary N) is 2. The molecule has 0 saturated carbocycles. The molecule has 5 heteroatoms. The highest BCUT2D eigenvalue weighted by atomic mass is 16.5. The first kappa shape index (κ1) is 20.1. The Bertz CT molecular complexity index is 950. The predicted octanol–water partition coefficient (Wildman–Crippen LogP) is 4.66. The molecule has 3 aromatic rings. The smallest absolute Gasteiger partial charge is 0.255 e. The Morgan fingerprint density at radius 3 is 1.97 bits per heavy atom. The maximum Gasteiger partial charge on any atom is 0.255 e. The van der Waals surface area contributed by atoms with Gasteiger partial charge in [-0.2, -0.15) is 0 Å². The van der Waals surface area contributed by atoms with Gasteiger partial charge >= 0.3 is 0 Å². The molecule has 3 aromatic carbocycles. The lowest BCUT2D eigenvalue weighted by Crippen LogP contribution is -2.30. The van der Waals surface area contributed by atoms with Gasteiger partial charge in [0.15, 0.2) is 0 Å². The first-order valence-electron chi connectivity index (χ1n) is 9.50. The Labute approximate surface area is 170 Å². The SMILES string of the molecule is CC(C)NC(=O)c1ccc(C(=O)Nc2ccc(OCc3ccccc3)cc2)cc1. The van der Waals surface area contributed by atoms with Crippen LogP contribution in [0.4, 0.5) is 5.69 Å². The molecule has 0 aliphatic rings. The second kappa shape index (κ2) is 9.55. The normalized spacial score (nSPS) is 10.4. The van der Waals surface area contributed by atoms with Crippen molar-refractivity contribution >= 4 is 17.5 Å². The van der Waals surface area contributed by atoms with Crippen LogP contribution in [0, 0.1) is 0 Å². The second-order valence-corrected chi connectivity index (χ2v) is 6.96. The average molecular weight is 388 g/mol. The van der Waals surface area contributed by atoms with Crippen LogP contribution >= 0.6 is 0 Å². The lowest BCUT2D eigenvalue weighted by molar-refractivity contribution is 0.0941. The van der Waals surface area contributed by atoms with Gasteiger partial charge < -0.3 is 15.4 Å². The largest absolute Gasteiger partial charge is 0.489 e. The fraction of sp³-hybridized carbons (Fsp3) is 0.167. The Kier molecular flexibility index (Phi) is 6.63. The van der Waals surface area contributed by atoms with E-state index in [9.17, 15) is 9.59 Å². The third-order valence-corrected chi connectivity index (χ3v) is 4.19. The highest BCUT2D eigenvalue weighted by Gasteiger charge is 2.10. The van der Waals surface area contributed by atoms with E-state index in [2.05, 4.69) is 10.6 Å². The molecular weight excluding hydrogens is 364 g/mol. The lowest BCUT2D eigenvalue weighted by atomic mass is 10.1. The van der Waals surface area contributed by atoms with Crippen molar-refractivity contribution in [1.29, 1.82) is 0 Å². The molecule has 0 aromatic heterocycles. The van der Waals surface area contributed by atoms with Gasteiger partial charge in [-0.05, 0) is 67.9 Å². The number of amides is 2. The topological polar surface area (TPSA) is 67.4 Å². The first-order chi connectivity index (χ1) is 14.0. The van der Waals surface area contributed by atoms with Crippen LogP contribution in [0.5, 0.6) is 5.75 Å². The van der Waals surface area contributed by atoms with Gasteiger partial charge in [0.25, 0.3) is 11.8 Å². The maximum atomic E-state index is 12.4. The Morgan fingerprint density at radius 2 is 1.38 bits per heavy atom. The summed E-state index contributed by atoms with van der Waals surface area (Å²) in [6, 6.07) is 23.8. The van der Waals surface area contributed by atoms with E-state index in [-0.39, 0.29) is 17.9 Å². The molecule has 0 aliphatic carbocycles. The zero-order chi connectivity index (χ0) is 20.6. The second-order valence-electron chi connectivity index (χ2n) is 6.96. The molecule has 5 nitrogen and oxygen atoms in total. The van der Waals surface area contributed by atoms with Crippen LogP contribution < -0.4 is 15.4 Å². The van der Waals surface area contributed by atoms with Crippen molar-refractivity contribution in [3.8, 4) is 5.75 Å². The van der Waals surface area contributed by atoms with Gasteiger partial charge in [-0.15, -0.1) is 0 Å². The number of anilines is 1. The summed E-state index contributed by atoms with van der Waals surface area (Å²) in [6.45, 7) is 4.29. The average Bonchev–Trinajstić information content (AvgIpc) is 2.73. The van der Waals surface area contributed by atoms with Crippen LogP contribution in [0.15, 0.2) is 78.9 Å². The zero-order valence-electron chi connectivity index (χ0n) is 16.5. The number of benzene rings is 3. The third kappa shape index (κ3) is 5.94. The van der Waals surface area contributed by atoms with Crippen LogP contribution in [0.2, 0.25) is 0 Å². The van der Waals surface area contributed by atoms with Crippen molar-refractivity contribution in [2.75, 3.05) is 5.32 Å². The van der Waals surface area contributed by atoms with Crippen LogP contribution in [-0.2, 0) is 6.61 Å². The highest BCUT2D eigenvalue weighted by Crippen LogP contribution is 2.18. The number of carbonyl (C=O) groups excluding carboxylic acids is 2. The first-order valence-corrected chi connectivity index (χ1v) is 9.50. The van der Waals surface area contributed by atoms with E-state index in [1.807, 2.05) is 56.3 Å². The van der Waals surface area contributed by atoms with Gasteiger partial charge in [0.1, 0.15) is 12.4 Å². The molecule has 148 valence electrons. The molecule has 2 N–H and O–H groups in total. The number of ether oxygens (including phenoxy) is 1. The summed E-state index contributed by atoms with van der Waals surface area (Å²) in [7, 11) is 0. The minimum Gasteiger partial charge on any atom is -0.489 e. The summed E-state index contributed by atoms with van der Waals surface area (Å²) in [5.74, 6) is 0.337. The molecule has 3 rings (SSSR count). The van der Waals surface area contributed by atoms with E-state index in [1.54, 1.807) is 36.4 Å². The summed E-state index contributed by atoms with van der Waals surface area (Å²) in [6.07, 6.45) is 0. The highest BCUT2D eigenvalue weighted by molar-refractivity contribution is 6.05.